The standard InChI is InChI=1S/C17H12O5/c18-15(12-4-2-6-14(10-12)17(21)22)8-7-11-3-1-5-13(9-11)16(19)20/h1-10H,(H,19,20)(H,21,22). The number of hydrogen-bond donors (Lipinski definition) is 2. The Bertz CT molecular complexity index is 774. The van der Waals surface area contributed by atoms with Crippen molar-refractivity contribution < 1.29 is 24.6 Å². The fraction of sp³-hybridized carbons (Fsp3) is 0. The molecule has 0 spiro atoms. The summed E-state index contributed by atoms with van der Waals surface area (Å²) in [5, 5.41) is 17.8. The number of carbonyl (C=O) groups excluding carboxylic acids is 1. The summed E-state index contributed by atoms with van der Waals surface area (Å²) in [4.78, 5) is 33.8. The van der Waals surface area contributed by atoms with Crippen LogP contribution in [0, 0.1) is 0 Å². The lowest BCUT2D eigenvalue weighted by Gasteiger charge is -1.99. The first kappa shape index (κ1) is 15.2. The predicted molar refractivity (Wildman–Crippen MR) is 80.2 cm³/mol. The van der Waals surface area contributed by atoms with Gasteiger partial charge in [0.2, 0.25) is 0 Å². The smallest absolute Gasteiger partial charge is 0.335 e. The van der Waals surface area contributed by atoms with Crippen molar-refractivity contribution in [3.63, 3.8) is 0 Å². The van der Waals surface area contributed by atoms with E-state index in [-0.39, 0.29) is 22.5 Å². The molecule has 0 aliphatic heterocycles. The average Bonchev–Trinajstić information content (AvgIpc) is 2.53. The topological polar surface area (TPSA) is 91.7 Å². The van der Waals surface area contributed by atoms with E-state index >= 15 is 0 Å². The summed E-state index contributed by atoms with van der Waals surface area (Å²) in [6.07, 6.45) is 2.77. The SMILES string of the molecule is O=C(O)c1cccc(C=CC(=O)c2cccc(C(=O)O)c2)c1. The molecule has 2 rings (SSSR count). The van der Waals surface area contributed by atoms with Crippen LogP contribution in [0.5, 0.6) is 0 Å². The minimum Gasteiger partial charge on any atom is -0.478 e. The van der Waals surface area contributed by atoms with Gasteiger partial charge in [-0.1, -0.05) is 30.3 Å². The van der Waals surface area contributed by atoms with Gasteiger partial charge in [0.05, 0.1) is 11.1 Å². The summed E-state index contributed by atoms with van der Waals surface area (Å²) >= 11 is 0. The number of carbonyl (C=O) groups is 3. The van der Waals surface area contributed by atoms with Gasteiger partial charge in [0.1, 0.15) is 0 Å². The van der Waals surface area contributed by atoms with E-state index in [9.17, 15) is 14.4 Å². The molecule has 0 radical (unpaired) electrons. The highest BCUT2D eigenvalue weighted by Gasteiger charge is 2.07. The number of hydrogen-bond acceptors (Lipinski definition) is 3. The summed E-state index contributed by atoms with van der Waals surface area (Å²) in [6, 6.07) is 11.9. The van der Waals surface area contributed by atoms with Crippen LogP contribution in [0.3, 0.4) is 0 Å². The van der Waals surface area contributed by atoms with Gasteiger partial charge < -0.3 is 10.2 Å². The monoisotopic (exact) mass is 296 g/mol. The molecule has 2 aromatic rings. The van der Waals surface area contributed by atoms with Crippen molar-refractivity contribution in [1.82, 2.24) is 0 Å². The largest absolute Gasteiger partial charge is 0.478 e. The van der Waals surface area contributed by atoms with Gasteiger partial charge in [-0.3, -0.25) is 4.79 Å². The van der Waals surface area contributed by atoms with Gasteiger partial charge in [-0.25, -0.2) is 9.59 Å². The molecular weight excluding hydrogens is 284 g/mol. The molecule has 0 bridgehead atoms. The molecule has 0 unspecified atom stereocenters. The molecule has 0 saturated heterocycles. The molecule has 0 aliphatic rings. The van der Waals surface area contributed by atoms with Crippen LogP contribution in [0.2, 0.25) is 0 Å². The Kier molecular flexibility index (Phi) is 4.48. The zero-order valence-electron chi connectivity index (χ0n) is 11.4. The van der Waals surface area contributed by atoms with Crippen molar-refractivity contribution in [2.75, 3.05) is 0 Å². The van der Waals surface area contributed by atoms with Gasteiger partial charge in [-0.2, -0.15) is 0 Å². The maximum Gasteiger partial charge on any atom is 0.335 e. The molecule has 0 fully saturated rings. The van der Waals surface area contributed by atoms with Crippen LogP contribution < -0.4 is 0 Å². The maximum atomic E-state index is 12.0. The van der Waals surface area contributed by atoms with E-state index in [1.54, 1.807) is 12.1 Å². The molecular formula is C17H12O5. The number of carboxylic acid groups (broad SMARTS) is 2. The molecule has 5 heteroatoms. The molecule has 0 aliphatic carbocycles. The molecule has 0 heterocycles. The second-order valence-corrected chi connectivity index (χ2v) is 4.51. The zero-order chi connectivity index (χ0) is 16.1. The van der Waals surface area contributed by atoms with E-state index < -0.39 is 11.9 Å². The average molecular weight is 296 g/mol. The maximum absolute atomic E-state index is 12.0. The third kappa shape index (κ3) is 3.67. The molecule has 5 nitrogen and oxygen atoms in total. The Balaban J connectivity index is 2.21. The highest BCUT2D eigenvalue weighted by Crippen LogP contribution is 2.10. The van der Waals surface area contributed by atoms with Crippen molar-refractivity contribution in [3.8, 4) is 0 Å². The predicted octanol–water partition coefficient (Wildman–Crippen LogP) is 2.98. The molecule has 2 aromatic carbocycles. The van der Waals surface area contributed by atoms with E-state index in [2.05, 4.69) is 0 Å². The minimum atomic E-state index is -1.10. The number of allylic oxidation sites excluding steroid dienone is 1. The van der Waals surface area contributed by atoms with Crippen molar-refractivity contribution in [2.24, 2.45) is 0 Å². The van der Waals surface area contributed by atoms with Crippen molar-refractivity contribution in [1.29, 1.82) is 0 Å². The number of carboxylic acids is 2. The van der Waals surface area contributed by atoms with Crippen LogP contribution in [0.15, 0.2) is 54.6 Å². The minimum absolute atomic E-state index is 0.0344. The molecule has 22 heavy (non-hydrogen) atoms. The molecule has 0 atom stereocenters. The van der Waals surface area contributed by atoms with Crippen molar-refractivity contribution in [3.05, 3.63) is 76.9 Å². The van der Waals surface area contributed by atoms with Gasteiger partial charge in [0.15, 0.2) is 5.78 Å². The summed E-state index contributed by atoms with van der Waals surface area (Å²) in [7, 11) is 0. The van der Waals surface area contributed by atoms with E-state index in [0.717, 1.165) is 0 Å². The lowest BCUT2D eigenvalue weighted by Crippen LogP contribution is -2.00. The number of aromatic carboxylic acids is 2. The lowest BCUT2D eigenvalue weighted by molar-refractivity contribution is 0.0686. The first-order valence-electron chi connectivity index (χ1n) is 6.36. The summed E-state index contributed by atoms with van der Waals surface area (Å²) < 4.78 is 0. The van der Waals surface area contributed by atoms with E-state index in [0.29, 0.717) is 5.56 Å². The van der Waals surface area contributed by atoms with Crippen molar-refractivity contribution in [2.45, 2.75) is 0 Å². The van der Waals surface area contributed by atoms with Crippen LogP contribution in [-0.2, 0) is 0 Å². The molecule has 0 saturated carbocycles. The number of rotatable bonds is 5. The van der Waals surface area contributed by atoms with Crippen LogP contribution in [-0.4, -0.2) is 27.9 Å². The Morgan fingerprint density at radius 1 is 0.773 bits per heavy atom. The quantitative estimate of drug-likeness (QED) is 0.653. The normalized spacial score (nSPS) is 10.5. The van der Waals surface area contributed by atoms with Crippen LogP contribution in [0.25, 0.3) is 6.08 Å². The van der Waals surface area contributed by atoms with Crippen LogP contribution in [0.1, 0.15) is 36.6 Å². The Morgan fingerprint density at radius 3 is 1.95 bits per heavy atom. The third-order valence-corrected chi connectivity index (χ3v) is 2.95. The number of benzene rings is 2. The molecule has 0 aromatic heterocycles. The van der Waals surface area contributed by atoms with Gasteiger partial charge in [0.25, 0.3) is 0 Å². The molecule has 0 amide bonds. The van der Waals surface area contributed by atoms with E-state index in [4.69, 9.17) is 10.2 Å². The fourth-order valence-corrected chi connectivity index (χ4v) is 1.85. The summed E-state index contributed by atoms with van der Waals surface area (Å²) in [5.41, 5.74) is 0.989. The van der Waals surface area contributed by atoms with Crippen LogP contribution in [0.4, 0.5) is 0 Å². The van der Waals surface area contributed by atoms with Gasteiger partial charge >= 0.3 is 11.9 Å². The molecule has 110 valence electrons. The van der Waals surface area contributed by atoms with Crippen LogP contribution >= 0.6 is 0 Å². The lowest BCUT2D eigenvalue weighted by atomic mass is 10.1. The Hall–Kier alpha value is -3.21. The first-order chi connectivity index (χ1) is 10.5. The second-order valence-electron chi connectivity index (χ2n) is 4.51. The fourth-order valence-electron chi connectivity index (χ4n) is 1.85. The second kappa shape index (κ2) is 6.49. The Labute approximate surface area is 126 Å². The van der Waals surface area contributed by atoms with Gasteiger partial charge in [-0.15, -0.1) is 0 Å². The third-order valence-electron chi connectivity index (χ3n) is 2.95. The van der Waals surface area contributed by atoms with Gasteiger partial charge in [-0.05, 0) is 35.9 Å². The highest BCUT2D eigenvalue weighted by atomic mass is 16.4. The Morgan fingerprint density at radius 2 is 1.32 bits per heavy atom. The van der Waals surface area contributed by atoms with E-state index in [1.165, 1.54) is 48.6 Å². The zero-order valence-corrected chi connectivity index (χ0v) is 11.4. The van der Waals surface area contributed by atoms with Crippen molar-refractivity contribution >= 4 is 23.8 Å². The first-order valence-corrected chi connectivity index (χ1v) is 6.36. The summed E-state index contributed by atoms with van der Waals surface area (Å²) in [5.74, 6) is -2.51. The number of ketones is 1. The highest BCUT2D eigenvalue weighted by molar-refractivity contribution is 6.08. The molecule has 2 N–H and O–H groups in total. The summed E-state index contributed by atoms with van der Waals surface area (Å²) in [6.45, 7) is 0. The van der Waals surface area contributed by atoms with Gasteiger partial charge in [0, 0.05) is 5.56 Å². The van der Waals surface area contributed by atoms with E-state index in [1.807, 2.05) is 0 Å².